The summed E-state index contributed by atoms with van der Waals surface area (Å²) < 4.78 is 6.83. The molecule has 0 aromatic rings. The zero-order valence-corrected chi connectivity index (χ0v) is 22.6. The summed E-state index contributed by atoms with van der Waals surface area (Å²) in [5, 5.41) is 0. The van der Waals surface area contributed by atoms with Gasteiger partial charge in [0.1, 0.15) is 0 Å². The second-order valence-corrected chi connectivity index (χ2v) is 15.8. The van der Waals surface area contributed by atoms with Gasteiger partial charge in [0.2, 0.25) is 0 Å². The molecule has 1 saturated heterocycles. The van der Waals surface area contributed by atoms with Gasteiger partial charge in [0.15, 0.2) is 0 Å². The Balaban J connectivity index is 2.75. The van der Waals surface area contributed by atoms with Crippen molar-refractivity contribution in [2.45, 2.75) is 149 Å². The van der Waals surface area contributed by atoms with Crippen LogP contribution in [0.15, 0.2) is 0 Å². The monoisotopic (exact) mass is 456 g/mol. The second-order valence-electron chi connectivity index (χ2n) is 10.4. The molecule has 1 aliphatic rings. The fourth-order valence-corrected chi connectivity index (χ4v) is 11.7. The third-order valence-corrected chi connectivity index (χ3v) is 14.1. The van der Waals surface area contributed by atoms with Gasteiger partial charge < -0.3 is 0 Å². The van der Waals surface area contributed by atoms with E-state index in [4.69, 9.17) is 4.52 Å². The molecule has 0 aromatic carbocycles. The summed E-state index contributed by atoms with van der Waals surface area (Å²) in [6.45, 7) is 5.02. The standard InChI is InChI=1S/C28H57O2P/c1-4-7-10-13-16-19-25-31(28(29)23-22-24-30-31,26-20-17-14-11-8-5-2)27-21-18-15-12-9-6-3/h4-27H2,1-3H3. The van der Waals surface area contributed by atoms with E-state index < -0.39 is 6.83 Å². The molecule has 186 valence electrons. The van der Waals surface area contributed by atoms with Crippen LogP contribution in [0, 0.1) is 0 Å². The van der Waals surface area contributed by atoms with E-state index in [2.05, 4.69) is 20.8 Å². The van der Waals surface area contributed by atoms with E-state index in [-0.39, 0.29) is 0 Å². The number of rotatable bonds is 21. The van der Waals surface area contributed by atoms with E-state index >= 15 is 0 Å². The summed E-state index contributed by atoms with van der Waals surface area (Å²) in [4.78, 5) is 13.7. The maximum atomic E-state index is 13.7. The van der Waals surface area contributed by atoms with Crippen LogP contribution in [0.25, 0.3) is 0 Å². The van der Waals surface area contributed by atoms with Crippen LogP contribution in [0.4, 0.5) is 0 Å². The van der Waals surface area contributed by atoms with Crippen molar-refractivity contribution in [3.05, 3.63) is 0 Å². The number of carbonyl (C=O) groups is 1. The van der Waals surface area contributed by atoms with Gasteiger partial charge in [0, 0.05) is 0 Å². The van der Waals surface area contributed by atoms with Crippen molar-refractivity contribution in [3.8, 4) is 0 Å². The summed E-state index contributed by atoms with van der Waals surface area (Å²) in [6.07, 6.45) is 28.7. The molecule has 1 rings (SSSR count). The van der Waals surface area contributed by atoms with Crippen molar-refractivity contribution in [2.24, 2.45) is 0 Å². The minimum absolute atomic E-state index is 0.591. The summed E-state index contributed by atoms with van der Waals surface area (Å²) in [5.74, 6) is 0. The van der Waals surface area contributed by atoms with Gasteiger partial charge in [0.25, 0.3) is 0 Å². The summed E-state index contributed by atoms with van der Waals surface area (Å²) in [7, 11) is 0. The zero-order valence-electron chi connectivity index (χ0n) is 21.7. The number of unbranched alkanes of at least 4 members (excludes halogenated alkanes) is 15. The van der Waals surface area contributed by atoms with Crippen LogP contribution in [0.5, 0.6) is 0 Å². The van der Waals surface area contributed by atoms with E-state index in [9.17, 15) is 4.79 Å². The molecule has 0 amide bonds. The molecule has 1 heterocycles. The van der Waals surface area contributed by atoms with Gasteiger partial charge in [-0.15, -0.1) is 0 Å². The number of hydrogen-bond acceptors (Lipinski definition) is 2. The summed E-state index contributed by atoms with van der Waals surface area (Å²) in [5.41, 5.74) is 0.591. The molecule has 0 saturated carbocycles. The van der Waals surface area contributed by atoms with Crippen molar-refractivity contribution >= 4 is 12.4 Å². The quantitative estimate of drug-likeness (QED) is 0.127. The van der Waals surface area contributed by atoms with Crippen molar-refractivity contribution in [1.29, 1.82) is 0 Å². The molecule has 0 atom stereocenters. The van der Waals surface area contributed by atoms with Gasteiger partial charge in [-0.05, 0) is 0 Å². The first-order chi connectivity index (χ1) is 15.1. The van der Waals surface area contributed by atoms with Crippen LogP contribution < -0.4 is 0 Å². The maximum absolute atomic E-state index is 13.7. The fraction of sp³-hybridized carbons (Fsp3) is 0.964. The molecular weight excluding hydrogens is 399 g/mol. The van der Waals surface area contributed by atoms with Gasteiger partial charge in [-0.1, -0.05) is 0 Å². The molecule has 3 heteroatoms. The molecule has 0 aromatic heterocycles. The van der Waals surface area contributed by atoms with Gasteiger partial charge in [-0.2, -0.15) is 0 Å². The molecule has 0 bridgehead atoms. The first kappa shape index (κ1) is 29.1. The topological polar surface area (TPSA) is 26.3 Å². The predicted octanol–water partition coefficient (Wildman–Crippen LogP) is 9.87. The van der Waals surface area contributed by atoms with Crippen LogP contribution in [-0.2, 0) is 9.32 Å². The minimum atomic E-state index is -2.68. The van der Waals surface area contributed by atoms with Crippen molar-refractivity contribution in [1.82, 2.24) is 0 Å². The van der Waals surface area contributed by atoms with E-state index in [0.717, 1.165) is 37.9 Å². The normalized spacial score (nSPS) is 19.2. The average molecular weight is 457 g/mol. The first-order valence-corrected chi connectivity index (χ1v) is 17.0. The molecule has 0 radical (unpaired) electrons. The van der Waals surface area contributed by atoms with Crippen LogP contribution in [0.1, 0.15) is 149 Å². The molecular formula is C28H57O2P. The zero-order chi connectivity index (χ0) is 22.7. The Morgan fingerprint density at radius 2 is 0.935 bits per heavy atom. The van der Waals surface area contributed by atoms with Gasteiger partial charge in [0.05, 0.1) is 0 Å². The van der Waals surface area contributed by atoms with E-state index in [0.29, 0.717) is 5.52 Å². The first-order valence-electron chi connectivity index (χ1n) is 14.3. The molecule has 0 N–H and O–H groups in total. The van der Waals surface area contributed by atoms with Gasteiger partial charge in [-0.3, -0.25) is 0 Å². The van der Waals surface area contributed by atoms with Crippen molar-refractivity contribution in [3.63, 3.8) is 0 Å². The Morgan fingerprint density at radius 1 is 0.581 bits per heavy atom. The summed E-state index contributed by atoms with van der Waals surface area (Å²) in [6, 6.07) is 0. The van der Waals surface area contributed by atoms with E-state index in [1.807, 2.05) is 0 Å². The SMILES string of the molecule is CCCCCCCCP1(CCCCCCCC)(CCCCCCCC)OCCCC1=O. The van der Waals surface area contributed by atoms with Crippen LogP contribution in [0.2, 0.25) is 0 Å². The van der Waals surface area contributed by atoms with Crippen LogP contribution in [-0.4, -0.2) is 30.6 Å². The van der Waals surface area contributed by atoms with Crippen molar-refractivity contribution in [2.75, 3.05) is 25.1 Å². The van der Waals surface area contributed by atoms with E-state index in [1.54, 1.807) is 0 Å². The van der Waals surface area contributed by atoms with E-state index in [1.165, 1.54) is 116 Å². The Kier molecular flexibility index (Phi) is 16.4. The molecule has 31 heavy (non-hydrogen) atoms. The Labute approximate surface area is 196 Å². The average Bonchev–Trinajstić information content (AvgIpc) is 2.78. The molecule has 2 nitrogen and oxygen atoms in total. The summed E-state index contributed by atoms with van der Waals surface area (Å²) >= 11 is 0. The second kappa shape index (κ2) is 17.5. The Morgan fingerprint density at radius 3 is 1.29 bits per heavy atom. The molecule has 0 spiro atoms. The van der Waals surface area contributed by atoms with Gasteiger partial charge >= 0.3 is 196 Å². The van der Waals surface area contributed by atoms with Crippen LogP contribution in [0.3, 0.4) is 0 Å². The molecule has 0 unspecified atom stereocenters. The Bertz CT molecular complexity index is 405. The number of hydrogen-bond donors (Lipinski definition) is 0. The fourth-order valence-electron chi connectivity index (χ4n) is 5.56. The Hall–Kier alpha value is 0.0600. The molecule has 1 fully saturated rings. The number of carbonyl (C=O) groups excluding carboxylic acids is 1. The molecule has 0 aliphatic carbocycles. The van der Waals surface area contributed by atoms with Crippen LogP contribution >= 0.6 is 6.83 Å². The predicted molar refractivity (Wildman–Crippen MR) is 142 cm³/mol. The van der Waals surface area contributed by atoms with Gasteiger partial charge in [-0.25, -0.2) is 0 Å². The third kappa shape index (κ3) is 10.7. The molecule has 1 aliphatic heterocycles. The van der Waals surface area contributed by atoms with Crippen molar-refractivity contribution < 1.29 is 9.32 Å². The third-order valence-electron chi connectivity index (χ3n) is 7.69.